The van der Waals surface area contributed by atoms with Gasteiger partial charge in [0.25, 0.3) is 0 Å². The van der Waals surface area contributed by atoms with E-state index in [0.29, 0.717) is 0 Å². The Kier molecular flexibility index (Phi) is 6.34. The van der Waals surface area contributed by atoms with Gasteiger partial charge in [-0.3, -0.25) is 9.97 Å². The predicted octanol–water partition coefficient (Wildman–Crippen LogP) is 4.28. The number of aromatic nitrogens is 2. The maximum absolute atomic E-state index is 5.09. The van der Waals surface area contributed by atoms with E-state index >= 15 is 0 Å². The maximum atomic E-state index is 5.09. The fourth-order valence-electron chi connectivity index (χ4n) is 2.15. The average Bonchev–Trinajstić information content (AvgIpc) is 2.57. The van der Waals surface area contributed by atoms with Crippen molar-refractivity contribution >= 4 is 47.1 Å². The average molecular weight is 386 g/mol. The van der Waals surface area contributed by atoms with Crippen molar-refractivity contribution in [3.63, 3.8) is 0 Å². The first-order valence-electron chi connectivity index (χ1n) is 6.77. The monoisotopic (exact) mass is 384 g/mol. The van der Waals surface area contributed by atoms with E-state index in [4.69, 9.17) is 25.3 Å². The molecule has 0 saturated carbocycles. The van der Waals surface area contributed by atoms with E-state index in [0.717, 1.165) is 31.6 Å². The first-order valence-corrected chi connectivity index (χ1v) is 7.59. The molecule has 0 aliphatic rings. The molecule has 0 unspecified atom stereocenters. The van der Waals surface area contributed by atoms with E-state index in [2.05, 4.69) is 9.97 Å². The van der Waals surface area contributed by atoms with Crippen molar-refractivity contribution in [2.45, 2.75) is 9.79 Å². The van der Waals surface area contributed by atoms with Crippen molar-refractivity contribution in [1.29, 1.82) is 0 Å². The van der Waals surface area contributed by atoms with Crippen LogP contribution in [0.2, 0.25) is 0 Å². The van der Waals surface area contributed by atoms with E-state index in [-0.39, 0.29) is 19.5 Å². The van der Waals surface area contributed by atoms with Gasteiger partial charge in [-0.1, -0.05) is 48.5 Å². The molecule has 0 fully saturated rings. The SMILES string of the molecule is [S-]c1cccc2cccnc12.[S-]c1cccc2cccnc12.[Zn+2]. The van der Waals surface area contributed by atoms with Gasteiger partial charge in [-0.25, -0.2) is 0 Å². The van der Waals surface area contributed by atoms with Gasteiger partial charge in [-0.05, 0) is 22.9 Å². The van der Waals surface area contributed by atoms with Crippen LogP contribution in [0.5, 0.6) is 0 Å². The molecule has 0 N–H and O–H groups in total. The van der Waals surface area contributed by atoms with Crippen molar-refractivity contribution in [2.75, 3.05) is 0 Å². The molecule has 0 saturated heterocycles. The number of benzene rings is 2. The summed E-state index contributed by atoms with van der Waals surface area (Å²) < 4.78 is 0. The molecule has 0 radical (unpaired) electrons. The van der Waals surface area contributed by atoms with Crippen molar-refractivity contribution < 1.29 is 19.5 Å². The Labute approximate surface area is 158 Å². The van der Waals surface area contributed by atoms with Crippen LogP contribution in [0.4, 0.5) is 0 Å². The van der Waals surface area contributed by atoms with Gasteiger partial charge in [0, 0.05) is 12.4 Å². The Bertz CT molecular complexity index is 841. The van der Waals surface area contributed by atoms with Gasteiger partial charge in [0.2, 0.25) is 0 Å². The Hall–Kier alpha value is -1.68. The predicted molar refractivity (Wildman–Crippen MR) is 94.7 cm³/mol. The summed E-state index contributed by atoms with van der Waals surface area (Å²) in [5, 5.41) is 2.22. The van der Waals surface area contributed by atoms with Crippen LogP contribution in [0.3, 0.4) is 0 Å². The minimum atomic E-state index is 0. The van der Waals surface area contributed by atoms with Gasteiger partial charge < -0.3 is 25.3 Å². The summed E-state index contributed by atoms with van der Waals surface area (Å²) in [6.07, 6.45) is 3.52. The fourth-order valence-corrected chi connectivity index (χ4v) is 2.65. The quantitative estimate of drug-likeness (QED) is 0.333. The molecular formula is C18H12N2S2Zn. The molecule has 0 spiro atoms. The molecule has 0 aliphatic carbocycles. The summed E-state index contributed by atoms with van der Waals surface area (Å²) in [6, 6.07) is 19.6. The van der Waals surface area contributed by atoms with Crippen LogP contribution in [0.1, 0.15) is 0 Å². The first kappa shape index (κ1) is 17.7. The molecule has 2 heterocycles. The van der Waals surface area contributed by atoms with Gasteiger partial charge in [-0.15, -0.1) is 9.79 Å². The Morgan fingerprint density at radius 3 is 1.35 bits per heavy atom. The summed E-state index contributed by atoms with van der Waals surface area (Å²) in [7, 11) is 0. The van der Waals surface area contributed by atoms with Crippen molar-refractivity contribution in [3.8, 4) is 0 Å². The first-order chi connectivity index (χ1) is 10.8. The summed E-state index contributed by atoms with van der Waals surface area (Å²) in [4.78, 5) is 10.00. The molecule has 0 aliphatic heterocycles. The smallest absolute Gasteiger partial charge is 0.778 e. The van der Waals surface area contributed by atoms with Crippen LogP contribution < -0.4 is 0 Å². The maximum Gasteiger partial charge on any atom is 2.00 e. The van der Waals surface area contributed by atoms with Crippen LogP contribution in [0, 0.1) is 0 Å². The van der Waals surface area contributed by atoms with Gasteiger partial charge in [-0.2, -0.15) is 0 Å². The van der Waals surface area contributed by atoms with E-state index in [9.17, 15) is 0 Å². The summed E-state index contributed by atoms with van der Waals surface area (Å²) in [6.45, 7) is 0. The van der Waals surface area contributed by atoms with Crippen LogP contribution >= 0.6 is 0 Å². The van der Waals surface area contributed by atoms with Crippen LogP contribution in [0.25, 0.3) is 21.8 Å². The number of hydrogen-bond acceptors (Lipinski definition) is 4. The minimum Gasteiger partial charge on any atom is -0.778 e. The molecule has 0 amide bonds. The molecule has 23 heavy (non-hydrogen) atoms. The molecule has 0 bridgehead atoms. The minimum absolute atomic E-state index is 0. The van der Waals surface area contributed by atoms with Gasteiger partial charge in [0.1, 0.15) is 0 Å². The number of hydrogen-bond donors (Lipinski definition) is 0. The van der Waals surface area contributed by atoms with Crippen molar-refractivity contribution in [2.24, 2.45) is 0 Å². The molecule has 5 heteroatoms. The Morgan fingerprint density at radius 2 is 0.957 bits per heavy atom. The van der Waals surface area contributed by atoms with Crippen LogP contribution in [-0.2, 0) is 44.7 Å². The molecule has 0 atom stereocenters. The second kappa shape index (κ2) is 8.25. The fraction of sp³-hybridized carbons (Fsp3) is 0. The Balaban J connectivity index is 0.000000160. The number of pyridine rings is 2. The third-order valence-electron chi connectivity index (χ3n) is 3.19. The number of rotatable bonds is 0. The zero-order valence-electron chi connectivity index (χ0n) is 12.3. The van der Waals surface area contributed by atoms with Crippen LogP contribution in [-0.4, -0.2) is 9.97 Å². The molecule has 2 aromatic carbocycles. The number of fused-ring (bicyclic) bond motifs is 2. The third kappa shape index (κ3) is 4.20. The number of para-hydroxylation sites is 2. The molecule has 2 nitrogen and oxygen atoms in total. The molecule has 2 aromatic heterocycles. The van der Waals surface area contributed by atoms with Gasteiger partial charge in [0.05, 0.1) is 11.0 Å². The van der Waals surface area contributed by atoms with Gasteiger partial charge >= 0.3 is 19.5 Å². The zero-order valence-corrected chi connectivity index (χ0v) is 16.9. The van der Waals surface area contributed by atoms with E-state index < -0.39 is 0 Å². The van der Waals surface area contributed by atoms with Crippen LogP contribution in [0.15, 0.2) is 82.8 Å². The second-order valence-corrected chi connectivity index (χ2v) is 5.54. The van der Waals surface area contributed by atoms with E-state index in [1.54, 1.807) is 12.4 Å². The second-order valence-electron chi connectivity index (χ2n) is 4.66. The summed E-state index contributed by atoms with van der Waals surface area (Å²) in [5.74, 6) is 0. The topological polar surface area (TPSA) is 25.8 Å². The van der Waals surface area contributed by atoms with Crippen molar-refractivity contribution in [3.05, 3.63) is 73.1 Å². The zero-order chi connectivity index (χ0) is 15.4. The Morgan fingerprint density at radius 1 is 0.565 bits per heavy atom. The van der Waals surface area contributed by atoms with Crippen molar-refractivity contribution in [1.82, 2.24) is 9.97 Å². The molecule has 4 rings (SSSR count). The standard InChI is InChI=1S/2C9H7NS.Zn/c2*11-8-5-1-3-7-4-2-6-10-9(7)8;/h2*1-6,11H;/q;;+2/p-2. The molecule has 108 valence electrons. The third-order valence-corrected chi connectivity index (χ3v) is 3.85. The molecular weight excluding hydrogens is 374 g/mol. The summed E-state index contributed by atoms with van der Waals surface area (Å²) in [5.41, 5.74) is 1.84. The number of nitrogens with zero attached hydrogens (tertiary/aromatic N) is 2. The van der Waals surface area contributed by atoms with Gasteiger partial charge in [0.15, 0.2) is 0 Å². The normalized spacial score (nSPS) is 9.74. The summed E-state index contributed by atoms with van der Waals surface area (Å²) >= 11 is 10.2. The van der Waals surface area contributed by atoms with E-state index in [1.165, 1.54) is 0 Å². The largest absolute Gasteiger partial charge is 2.00 e. The van der Waals surface area contributed by atoms with E-state index in [1.807, 2.05) is 60.7 Å². The molecule has 4 aromatic rings.